The van der Waals surface area contributed by atoms with Crippen molar-refractivity contribution in [2.75, 3.05) is 14.2 Å². The van der Waals surface area contributed by atoms with Gasteiger partial charge in [-0.15, -0.1) is 0 Å². The number of nitrogens with one attached hydrogen (secondary N) is 1. The number of hydrogen-bond donors (Lipinski definition) is 1. The Labute approximate surface area is 117 Å². The maximum Gasteiger partial charge on any atom is 0.120 e. The molecule has 0 bridgehead atoms. The fourth-order valence-electron chi connectivity index (χ4n) is 3.81. The van der Waals surface area contributed by atoms with E-state index in [0.717, 1.165) is 28.0 Å². The topological polar surface area (TPSA) is 21.3 Å². The van der Waals surface area contributed by atoms with Crippen LogP contribution in [-0.2, 0) is 0 Å². The van der Waals surface area contributed by atoms with Crippen LogP contribution in [0, 0.1) is 17.8 Å². The zero-order valence-corrected chi connectivity index (χ0v) is 12.5. The predicted octanol–water partition coefficient (Wildman–Crippen LogP) is 3.76. The number of halogens is 1. The molecule has 2 aliphatic carbocycles. The lowest BCUT2D eigenvalue weighted by molar-refractivity contribution is 0.412. The maximum absolute atomic E-state index is 5.26. The molecule has 98 valence electrons. The SMILES string of the molecule is CNC(c1ccc(OC)cc1Br)C1C2CCCC21. The molecule has 0 amide bonds. The Bertz CT molecular complexity index is 438. The average molecular weight is 310 g/mol. The van der Waals surface area contributed by atoms with E-state index >= 15 is 0 Å². The summed E-state index contributed by atoms with van der Waals surface area (Å²) in [6.45, 7) is 0. The minimum absolute atomic E-state index is 0.487. The zero-order chi connectivity index (χ0) is 12.7. The van der Waals surface area contributed by atoms with Crippen LogP contribution in [0.15, 0.2) is 22.7 Å². The lowest BCUT2D eigenvalue weighted by Gasteiger charge is -2.20. The second-order valence-corrected chi connectivity index (χ2v) is 6.34. The van der Waals surface area contributed by atoms with E-state index in [9.17, 15) is 0 Å². The molecule has 3 heteroatoms. The summed E-state index contributed by atoms with van der Waals surface area (Å²) in [6, 6.07) is 6.80. The van der Waals surface area contributed by atoms with E-state index in [-0.39, 0.29) is 0 Å². The van der Waals surface area contributed by atoms with E-state index in [1.165, 1.54) is 24.8 Å². The van der Waals surface area contributed by atoms with Gasteiger partial charge in [-0.1, -0.05) is 28.4 Å². The molecule has 2 fully saturated rings. The van der Waals surface area contributed by atoms with Gasteiger partial charge in [0.05, 0.1) is 7.11 Å². The van der Waals surface area contributed by atoms with Crippen molar-refractivity contribution >= 4 is 15.9 Å². The number of hydrogen-bond acceptors (Lipinski definition) is 2. The lowest BCUT2D eigenvalue weighted by atomic mass is 9.97. The summed E-state index contributed by atoms with van der Waals surface area (Å²) >= 11 is 3.69. The van der Waals surface area contributed by atoms with E-state index in [2.05, 4.69) is 46.5 Å². The van der Waals surface area contributed by atoms with Crippen molar-refractivity contribution in [3.05, 3.63) is 28.2 Å². The van der Waals surface area contributed by atoms with Gasteiger partial charge in [-0.25, -0.2) is 0 Å². The summed E-state index contributed by atoms with van der Waals surface area (Å²) < 4.78 is 6.42. The van der Waals surface area contributed by atoms with Crippen molar-refractivity contribution < 1.29 is 4.74 Å². The molecule has 18 heavy (non-hydrogen) atoms. The molecule has 0 aliphatic heterocycles. The molecule has 3 rings (SSSR count). The van der Waals surface area contributed by atoms with Crippen molar-refractivity contribution in [2.45, 2.75) is 25.3 Å². The third-order valence-corrected chi connectivity index (χ3v) is 5.40. The summed E-state index contributed by atoms with van der Waals surface area (Å²) in [6.07, 6.45) is 4.30. The normalized spacial score (nSPS) is 30.9. The van der Waals surface area contributed by atoms with E-state index in [4.69, 9.17) is 4.74 Å². The van der Waals surface area contributed by atoms with E-state index in [0.29, 0.717) is 6.04 Å². The second-order valence-electron chi connectivity index (χ2n) is 5.49. The molecule has 0 heterocycles. The Kier molecular flexibility index (Phi) is 3.37. The summed E-state index contributed by atoms with van der Waals surface area (Å²) in [5.74, 6) is 3.69. The molecule has 1 N–H and O–H groups in total. The van der Waals surface area contributed by atoms with Crippen LogP contribution in [0.2, 0.25) is 0 Å². The highest BCUT2D eigenvalue weighted by Crippen LogP contribution is 2.62. The third-order valence-electron chi connectivity index (χ3n) is 4.71. The van der Waals surface area contributed by atoms with E-state index in [1.807, 2.05) is 0 Å². The average Bonchev–Trinajstić information content (AvgIpc) is 2.85. The molecule has 0 aromatic heterocycles. The van der Waals surface area contributed by atoms with Gasteiger partial charge in [0, 0.05) is 10.5 Å². The van der Waals surface area contributed by atoms with Crippen molar-refractivity contribution in [3.8, 4) is 5.75 Å². The highest BCUT2D eigenvalue weighted by molar-refractivity contribution is 9.10. The summed E-state index contributed by atoms with van der Waals surface area (Å²) in [5, 5.41) is 3.52. The van der Waals surface area contributed by atoms with Crippen LogP contribution in [0.3, 0.4) is 0 Å². The summed E-state index contributed by atoms with van der Waals surface area (Å²) in [7, 11) is 3.79. The van der Waals surface area contributed by atoms with Crippen LogP contribution < -0.4 is 10.1 Å². The first-order chi connectivity index (χ1) is 8.76. The number of methoxy groups -OCH3 is 1. The highest BCUT2D eigenvalue weighted by Gasteiger charge is 2.55. The second kappa shape index (κ2) is 4.86. The van der Waals surface area contributed by atoms with Crippen molar-refractivity contribution in [2.24, 2.45) is 17.8 Å². The largest absolute Gasteiger partial charge is 0.497 e. The molecule has 0 spiro atoms. The van der Waals surface area contributed by atoms with Crippen LogP contribution >= 0.6 is 15.9 Å². The standard InChI is InChI=1S/C15H20BrNO/c1-17-15(14-10-4-3-5-11(10)14)12-7-6-9(18-2)8-13(12)16/h6-8,10-11,14-15,17H,3-5H2,1-2H3. The first-order valence-corrected chi connectivity index (χ1v) is 7.56. The molecular formula is C15H20BrNO. The Morgan fingerprint density at radius 2 is 2.06 bits per heavy atom. The molecule has 2 saturated carbocycles. The molecule has 2 nitrogen and oxygen atoms in total. The molecule has 0 radical (unpaired) electrons. The van der Waals surface area contributed by atoms with Crippen LogP contribution in [0.5, 0.6) is 5.75 Å². The Hall–Kier alpha value is -0.540. The van der Waals surface area contributed by atoms with Crippen molar-refractivity contribution in [1.29, 1.82) is 0 Å². The summed E-state index contributed by atoms with van der Waals surface area (Å²) in [5.41, 5.74) is 1.37. The molecule has 3 atom stereocenters. The van der Waals surface area contributed by atoms with Gasteiger partial charge >= 0.3 is 0 Å². The molecule has 3 unspecified atom stereocenters. The fraction of sp³-hybridized carbons (Fsp3) is 0.600. The fourth-order valence-corrected chi connectivity index (χ4v) is 4.42. The molecule has 0 saturated heterocycles. The quantitative estimate of drug-likeness (QED) is 0.914. The highest BCUT2D eigenvalue weighted by atomic mass is 79.9. The Morgan fingerprint density at radius 3 is 2.61 bits per heavy atom. The predicted molar refractivity (Wildman–Crippen MR) is 76.8 cm³/mol. The van der Waals surface area contributed by atoms with Gasteiger partial charge in [0.1, 0.15) is 5.75 Å². The first-order valence-electron chi connectivity index (χ1n) is 6.77. The van der Waals surface area contributed by atoms with Gasteiger partial charge in [-0.2, -0.15) is 0 Å². The van der Waals surface area contributed by atoms with E-state index < -0.39 is 0 Å². The van der Waals surface area contributed by atoms with Crippen LogP contribution in [0.25, 0.3) is 0 Å². The molecular weight excluding hydrogens is 290 g/mol. The smallest absolute Gasteiger partial charge is 0.120 e. The zero-order valence-electron chi connectivity index (χ0n) is 10.9. The van der Waals surface area contributed by atoms with Gasteiger partial charge in [0.15, 0.2) is 0 Å². The molecule has 2 aliphatic rings. The van der Waals surface area contributed by atoms with Crippen molar-refractivity contribution in [3.63, 3.8) is 0 Å². The van der Waals surface area contributed by atoms with Crippen molar-refractivity contribution in [1.82, 2.24) is 5.32 Å². The minimum Gasteiger partial charge on any atom is -0.497 e. The Balaban J connectivity index is 1.83. The van der Waals surface area contributed by atoms with Gasteiger partial charge in [-0.3, -0.25) is 0 Å². The number of rotatable bonds is 4. The number of benzene rings is 1. The van der Waals surface area contributed by atoms with Crippen LogP contribution in [-0.4, -0.2) is 14.2 Å². The minimum atomic E-state index is 0.487. The monoisotopic (exact) mass is 309 g/mol. The van der Waals surface area contributed by atoms with Gasteiger partial charge in [-0.05, 0) is 55.3 Å². The molecule has 1 aromatic rings. The maximum atomic E-state index is 5.26. The number of ether oxygens (including phenoxy) is 1. The van der Waals surface area contributed by atoms with E-state index in [1.54, 1.807) is 7.11 Å². The number of fused-ring (bicyclic) bond motifs is 1. The summed E-state index contributed by atoms with van der Waals surface area (Å²) in [4.78, 5) is 0. The van der Waals surface area contributed by atoms with Gasteiger partial charge < -0.3 is 10.1 Å². The van der Waals surface area contributed by atoms with Gasteiger partial charge in [0.2, 0.25) is 0 Å². The lowest BCUT2D eigenvalue weighted by Crippen LogP contribution is -2.21. The Morgan fingerprint density at radius 1 is 1.33 bits per heavy atom. The van der Waals surface area contributed by atoms with Crippen LogP contribution in [0.4, 0.5) is 0 Å². The first kappa shape index (κ1) is 12.5. The van der Waals surface area contributed by atoms with Crippen LogP contribution in [0.1, 0.15) is 30.9 Å². The third kappa shape index (κ3) is 1.97. The van der Waals surface area contributed by atoms with Gasteiger partial charge in [0.25, 0.3) is 0 Å². The molecule has 1 aromatic carbocycles.